The van der Waals surface area contributed by atoms with Crippen LogP contribution in [0.25, 0.3) is 0 Å². The van der Waals surface area contributed by atoms with Crippen LogP contribution in [0.15, 0.2) is 72.8 Å². The number of aliphatic hydroxyl groups excluding tert-OH is 1. The molecule has 0 fully saturated rings. The molecule has 0 amide bonds. The van der Waals surface area contributed by atoms with Crippen molar-refractivity contribution in [3.05, 3.63) is 83.9 Å². The van der Waals surface area contributed by atoms with Crippen molar-refractivity contribution < 1.29 is 15.0 Å². The van der Waals surface area contributed by atoms with E-state index in [0.29, 0.717) is 17.7 Å². The van der Waals surface area contributed by atoms with Crippen molar-refractivity contribution >= 4 is 5.97 Å². The maximum absolute atomic E-state index is 11.4. The first-order valence-electron chi connectivity index (χ1n) is 7.73. The average Bonchev–Trinajstić information content (AvgIpc) is 2.61. The van der Waals surface area contributed by atoms with Gasteiger partial charge in [-0.1, -0.05) is 67.2 Å². The van der Waals surface area contributed by atoms with E-state index in [0.717, 1.165) is 5.56 Å². The predicted molar refractivity (Wildman–Crippen MR) is 93.0 cm³/mol. The lowest BCUT2D eigenvalue weighted by Gasteiger charge is -2.20. The van der Waals surface area contributed by atoms with Gasteiger partial charge >= 0.3 is 5.97 Å². The molecule has 2 unspecified atom stereocenters. The van der Waals surface area contributed by atoms with Gasteiger partial charge in [0.15, 0.2) is 0 Å². The normalized spacial score (nSPS) is 13.2. The van der Waals surface area contributed by atoms with E-state index in [9.17, 15) is 15.0 Å². The molecule has 5 heteroatoms. The van der Waals surface area contributed by atoms with E-state index in [2.05, 4.69) is 17.4 Å². The van der Waals surface area contributed by atoms with Crippen LogP contribution in [0.4, 0.5) is 0 Å². The maximum Gasteiger partial charge on any atom is 0.322 e. The minimum Gasteiger partial charge on any atom is -0.480 e. The van der Waals surface area contributed by atoms with E-state index in [-0.39, 0.29) is 6.42 Å². The first-order chi connectivity index (χ1) is 11.6. The Morgan fingerprint density at radius 3 is 2.21 bits per heavy atom. The predicted octanol–water partition coefficient (Wildman–Crippen LogP) is 2.41. The number of nitrogens with one attached hydrogen (secondary N) is 2. The summed E-state index contributed by atoms with van der Waals surface area (Å²) >= 11 is 0. The van der Waals surface area contributed by atoms with Gasteiger partial charge in [0.25, 0.3) is 0 Å². The van der Waals surface area contributed by atoms with Crippen molar-refractivity contribution in [1.82, 2.24) is 10.9 Å². The number of aliphatic hydroxyl groups is 1. The third-order valence-corrected chi connectivity index (χ3v) is 3.68. The second kappa shape index (κ2) is 8.98. The molecule has 24 heavy (non-hydrogen) atoms. The van der Waals surface area contributed by atoms with Crippen LogP contribution in [0.1, 0.15) is 23.7 Å². The van der Waals surface area contributed by atoms with Crippen LogP contribution in [0.5, 0.6) is 0 Å². The minimum atomic E-state index is -1.00. The zero-order chi connectivity index (χ0) is 17.4. The number of hydrazine groups is 1. The molecule has 126 valence electrons. The molecule has 5 nitrogen and oxygen atoms in total. The van der Waals surface area contributed by atoms with Crippen molar-refractivity contribution in [2.24, 2.45) is 0 Å². The number of carbonyl (C=O) groups is 1. The van der Waals surface area contributed by atoms with Gasteiger partial charge in [-0.25, -0.2) is 5.43 Å². The van der Waals surface area contributed by atoms with Gasteiger partial charge in [0.2, 0.25) is 0 Å². The van der Waals surface area contributed by atoms with Gasteiger partial charge in [0, 0.05) is 6.54 Å². The molecule has 0 saturated carbocycles. The highest BCUT2D eigenvalue weighted by Crippen LogP contribution is 2.23. The van der Waals surface area contributed by atoms with E-state index in [4.69, 9.17) is 0 Å². The summed E-state index contributed by atoms with van der Waals surface area (Å²) in [6.45, 7) is 4.34. The molecule has 2 aromatic carbocycles. The van der Waals surface area contributed by atoms with Crippen molar-refractivity contribution in [3.63, 3.8) is 0 Å². The summed E-state index contributed by atoms with van der Waals surface area (Å²) in [5.41, 5.74) is 7.88. The molecule has 0 aliphatic rings. The average molecular weight is 326 g/mol. The van der Waals surface area contributed by atoms with E-state index in [1.807, 2.05) is 48.5 Å². The molecule has 2 aromatic rings. The molecule has 0 radical (unpaired) electrons. The third-order valence-electron chi connectivity index (χ3n) is 3.68. The molecule has 0 saturated heterocycles. The second-order valence-electron chi connectivity index (χ2n) is 5.55. The number of benzene rings is 2. The largest absolute Gasteiger partial charge is 0.480 e. The SMILES string of the molecule is C=C(CC(NNCc1ccccc1)C(=O)O)C(O)c1ccccc1. The van der Waals surface area contributed by atoms with Gasteiger partial charge in [0.1, 0.15) is 6.04 Å². The van der Waals surface area contributed by atoms with E-state index >= 15 is 0 Å². The maximum atomic E-state index is 11.4. The molecular formula is C19H22N2O3. The topological polar surface area (TPSA) is 81.6 Å². The lowest BCUT2D eigenvalue weighted by atomic mass is 9.97. The molecule has 0 heterocycles. The Balaban J connectivity index is 1.88. The molecule has 2 rings (SSSR count). The van der Waals surface area contributed by atoms with Gasteiger partial charge in [-0.15, -0.1) is 0 Å². The molecule has 0 aliphatic carbocycles. The Morgan fingerprint density at radius 1 is 1.04 bits per heavy atom. The number of rotatable bonds is 9. The Bertz CT molecular complexity index is 659. The van der Waals surface area contributed by atoms with Gasteiger partial charge in [-0.05, 0) is 23.1 Å². The van der Waals surface area contributed by atoms with E-state index in [1.165, 1.54) is 0 Å². The molecule has 0 spiro atoms. The van der Waals surface area contributed by atoms with Gasteiger partial charge < -0.3 is 10.2 Å². The minimum absolute atomic E-state index is 0.118. The van der Waals surface area contributed by atoms with Crippen LogP contribution in [0, 0.1) is 0 Å². The van der Waals surface area contributed by atoms with Crippen molar-refractivity contribution in [2.75, 3.05) is 0 Å². The van der Waals surface area contributed by atoms with Gasteiger partial charge in [-0.3, -0.25) is 10.2 Å². The van der Waals surface area contributed by atoms with Crippen molar-refractivity contribution in [2.45, 2.75) is 25.1 Å². The first-order valence-corrected chi connectivity index (χ1v) is 7.73. The monoisotopic (exact) mass is 326 g/mol. The number of hydrogen-bond acceptors (Lipinski definition) is 4. The molecule has 0 aliphatic heterocycles. The summed E-state index contributed by atoms with van der Waals surface area (Å²) < 4.78 is 0. The summed E-state index contributed by atoms with van der Waals surface area (Å²) in [5.74, 6) is -1.00. The number of aliphatic carboxylic acids is 1. The van der Waals surface area contributed by atoms with Gasteiger partial charge in [0.05, 0.1) is 6.10 Å². The lowest BCUT2D eigenvalue weighted by molar-refractivity contribution is -0.139. The number of carboxylic acid groups (broad SMARTS) is 1. The summed E-state index contributed by atoms with van der Waals surface area (Å²) in [7, 11) is 0. The molecular weight excluding hydrogens is 304 g/mol. The molecule has 2 atom stereocenters. The molecule has 0 aromatic heterocycles. The summed E-state index contributed by atoms with van der Waals surface area (Å²) in [6.07, 6.45) is -0.767. The fourth-order valence-electron chi connectivity index (χ4n) is 2.32. The van der Waals surface area contributed by atoms with Crippen LogP contribution >= 0.6 is 0 Å². The van der Waals surface area contributed by atoms with Crippen LogP contribution in [0.2, 0.25) is 0 Å². The van der Waals surface area contributed by atoms with E-state index in [1.54, 1.807) is 12.1 Å². The Hall–Kier alpha value is -2.47. The summed E-state index contributed by atoms with van der Waals surface area (Å²) in [5, 5.41) is 19.6. The molecule has 4 N–H and O–H groups in total. The quantitative estimate of drug-likeness (QED) is 0.420. The van der Waals surface area contributed by atoms with Crippen LogP contribution in [0.3, 0.4) is 0 Å². The van der Waals surface area contributed by atoms with Crippen LogP contribution in [-0.2, 0) is 11.3 Å². The lowest BCUT2D eigenvalue weighted by Crippen LogP contribution is -2.45. The zero-order valence-corrected chi connectivity index (χ0v) is 13.4. The summed E-state index contributed by atoms with van der Waals surface area (Å²) in [6, 6.07) is 17.8. The highest BCUT2D eigenvalue weighted by Gasteiger charge is 2.21. The second-order valence-corrected chi connectivity index (χ2v) is 5.55. The van der Waals surface area contributed by atoms with Crippen LogP contribution < -0.4 is 10.9 Å². The fourth-order valence-corrected chi connectivity index (χ4v) is 2.32. The Morgan fingerprint density at radius 2 is 1.62 bits per heavy atom. The van der Waals surface area contributed by atoms with Crippen molar-refractivity contribution in [1.29, 1.82) is 0 Å². The highest BCUT2D eigenvalue weighted by molar-refractivity contribution is 5.73. The smallest absolute Gasteiger partial charge is 0.322 e. The van der Waals surface area contributed by atoms with E-state index < -0.39 is 18.1 Å². The highest BCUT2D eigenvalue weighted by atomic mass is 16.4. The van der Waals surface area contributed by atoms with Crippen LogP contribution in [-0.4, -0.2) is 22.2 Å². The fraction of sp³-hybridized carbons (Fsp3) is 0.211. The Labute approximate surface area is 141 Å². The van der Waals surface area contributed by atoms with Gasteiger partial charge in [-0.2, -0.15) is 0 Å². The number of carboxylic acids is 1. The zero-order valence-electron chi connectivity index (χ0n) is 13.4. The number of hydrogen-bond donors (Lipinski definition) is 4. The van der Waals surface area contributed by atoms with Crippen molar-refractivity contribution in [3.8, 4) is 0 Å². The molecule has 0 bridgehead atoms. The standard InChI is InChI=1S/C19H22N2O3/c1-14(18(22)16-10-6-3-7-11-16)12-17(19(23)24)21-20-13-15-8-4-2-5-9-15/h2-11,17-18,20-22H,1,12-13H2,(H,23,24). The first kappa shape index (κ1) is 17.9. The Kier molecular flexibility index (Phi) is 6.69. The summed E-state index contributed by atoms with van der Waals surface area (Å²) in [4.78, 5) is 11.4. The third kappa shape index (κ3) is 5.31.